The Labute approximate surface area is 148 Å². The second-order valence-corrected chi connectivity index (χ2v) is 8.46. The lowest BCUT2D eigenvalue weighted by atomic mass is 9.76. The molecule has 1 aliphatic carbocycles. The van der Waals surface area contributed by atoms with Gasteiger partial charge in [-0.05, 0) is 49.1 Å². The maximum Gasteiger partial charge on any atom is 0.0233 e. The summed E-state index contributed by atoms with van der Waals surface area (Å²) < 4.78 is 0. The molecule has 1 aromatic rings. The minimum Gasteiger partial charge on any atom is -0.314 e. The maximum atomic E-state index is 3.95. The number of rotatable bonds is 2. The molecule has 0 spiro atoms. The van der Waals surface area contributed by atoms with Crippen LogP contribution in [0.15, 0.2) is 30.3 Å². The van der Waals surface area contributed by atoms with Gasteiger partial charge >= 0.3 is 0 Å². The van der Waals surface area contributed by atoms with Crippen LogP contribution >= 0.6 is 0 Å². The van der Waals surface area contributed by atoms with Gasteiger partial charge in [0.25, 0.3) is 0 Å². The molecule has 2 heteroatoms. The van der Waals surface area contributed by atoms with Gasteiger partial charge in [0.15, 0.2) is 0 Å². The Balaban J connectivity index is 1.45. The zero-order chi connectivity index (χ0) is 16.2. The lowest BCUT2D eigenvalue weighted by Gasteiger charge is -2.32. The van der Waals surface area contributed by atoms with Crippen molar-refractivity contribution in [3.8, 4) is 0 Å². The number of nitrogens with one attached hydrogen (secondary N) is 1. The van der Waals surface area contributed by atoms with Gasteiger partial charge in [-0.15, -0.1) is 0 Å². The van der Waals surface area contributed by atoms with Crippen LogP contribution < -0.4 is 5.32 Å². The topological polar surface area (TPSA) is 15.3 Å². The summed E-state index contributed by atoms with van der Waals surface area (Å²) in [6.07, 6.45) is 11.6. The molecule has 3 fully saturated rings. The van der Waals surface area contributed by atoms with Crippen LogP contribution in [0.4, 0.5) is 0 Å². The van der Waals surface area contributed by atoms with E-state index in [0.717, 1.165) is 30.3 Å². The van der Waals surface area contributed by atoms with E-state index >= 15 is 0 Å². The molecule has 0 aromatic heterocycles. The minimum absolute atomic E-state index is 0.801. The predicted molar refractivity (Wildman–Crippen MR) is 101 cm³/mol. The third kappa shape index (κ3) is 3.86. The largest absolute Gasteiger partial charge is 0.314 e. The fourth-order valence-electron chi connectivity index (χ4n) is 5.66. The van der Waals surface area contributed by atoms with Crippen molar-refractivity contribution in [3.05, 3.63) is 35.9 Å². The van der Waals surface area contributed by atoms with Crippen LogP contribution in [0.2, 0.25) is 0 Å². The Morgan fingerprint density at radius 3 is 2.50 bits per heavy atom. The molecular weight excluding hydrogens is 292 g/mol. The van der Waals surface area contributed by atoms with E-state index in [-0.39, 0.29) is 0 Å². The van der Waals surface area contributed by atoms with Crippen molar-refractivity contribution in [1.82, 2.24) is 10.2 Å². The Hall–Kier alpha value is -0.860. The van der Waals surface area contributed by atoms with Crippen molar-refractivity contribution in [2.75, 3.05) is 19.6 Å². The smallest absolute Gasteiger partial charge is 0.0233 e. The summed E-state index contributed by atoms with van der Waals surface area (Å²) in [6.45, 7) is 5.06. The monoisotopic (exact) mass is 326 g/mol. The Morgan fingerprint density at radius 1 is 0.833 bits per heavy atom. The van der Waals surface area contributed by atoms with Gasteiger partial charge in [0.2, 0.25) is 0 Å². The summed E-state index contributed by atoms with van der Waals surface area (Å²) >= 11 is 0. The molecule has 0 amide bonds. The van der Waals surface area contributed by atoms with Gasteiger partial charge in [-0.2, -0.15) is 0 Å². The number of likely N-dealkylation sites (tertiary alicyclic amines) is 1. The zero-order valence-electron chi connectivity index (χ0n) is 15.1. The molecule has 3 aliphatic rings. The molecule has 4 atom stereocenters. The number of hydrogen-bond donors (Lipinski definition) is 1. The molecule has 2 aliphatic heterocycles. The molecule has 24 heavy (non-hydrogen) atoms. The first-order chi connectivity index (χ1) is 11.9. The summed E-state index contributed by atoms with van der Waals surface area (Å²) in [5.41, 5.74) is 1.48. The molecule has 0 radical (unpaired) electrons. The Bertz CT molecular complexity index is 500. The number of nitrogens with zero attached hydrogens (tertiary/aromatic N) is 1. The van der Waals surface area contributed by atoms with E-state index in [1.165, 1.54) is 76.6 Å². The molecule has 132 valence electrons. The van der Waals surface area contributed by atoms with Crippen LogP contribution in [0, 0.1) is 17.8 Å². The normalized spacial score (nSPS) is 35.2. The highest BCUT2D eigenvalue weighted by Crippen LogP contribution is 2.40. The lowest BCUT2D eigenvalue weighted by Crippen LogP contribution is -2.39. The van der Waals surface area contributed by atoms with Crippen molar-refractivity contribution in [2.45, 2.75) is 64.0 Å². The number of hydrogen-bond acceptors (Lipinski definition) is 2. The molecule has 4 unspecified atom stereocenters. The molecule has 2 heterocycles. The quantitative estimate of drug-likeness (QED) is 0.863. The second-order valence-electron chi connectivity index (χ2n) is 8.46. The highest BCUT2D eigenvalue weighted by atomic mass is 15.2. The predicted octanol–water partition coefficient (Wildman–Crippen LogP) is 4.46. The van der Waals surface area contributed by atoms with Crippen molar-refractivity contribution < 1.29 is 0 Å². The first-order valence-electron chi connectivity index (χ1n) is 10.4. The average Bonchev–Trinajstić information content (AvgIpc) is 2.97. The van der Waals surface area contributed by atoms with E-state index in [9.17, 15) is 0 Å². The molecule has 2 saturated heterocycles. The second kappa shape index (κ2) is 8.01. The standard InChI is InChI=1S/C22H34N2/c1-2-7-11-20-21-17-24(15-18-9-5-4-6-10-18)16-19(21)13-14-23-22(20)12-8-3-1/h4-6,9-10,19-23H,1-3,7-8,11-17H2. The molecule has 2 nitrogen and oxygen atoms in total. The van der Waals surface area contributed by atoms with Crippen LogP contribution in [0.25, 0.3) is 0 Å². The van der Waals surface area contributed by atoms with Gasteiger partial charge in [0, 0.05) is 25.7 Å². The fraction of sp³-hybridized carbons (Fsp3) is 0.727. The fourth-order valence-corrected chi connectivity index (χ4v) is 5.66. The van der Waals surface area contributed by atoms with E-state index in [1.807, 2.05) is 0 Å². The summed E-state index contributed by atoms with van der Waals surface area (Å²) in [7, 11) is 0. The first kappa shape index (κ1) is 16.6. The van der Waals surface area contributed by atoms with Crippen LogP contribution in [0.3, 0.4) is 0 Å². The van der Waals surface area contributed by atoms with Gasteiger partial charge in [-0.25, -0.2) is 0 Å². The van der Waals surface area contributed by atoms with Crippen LogP contribution in [0.1, 0.15) is 56.9 Å². The minimum atomic E-state index is 0.801. The molecular formula is C22H34N2. The van der Waals surface area contributed by atoms with Crippen LogP contribution in [-0.4, -0.2) is 30.6 Å². The van der Waals surface area contributed by atoms with Crippen LogP contribution in [-0.2, 0) is 6.54 Å². The summed E-state index contributed by atoms with van der Waals surface area (Å²) in [5, 5.41) is 3.95. The van der Waals surface area contributed by atoms with Gasteiger partial charge in [-0.1, -0.05) is 62.4 Å². The highest BCUT2D eigenvalue weighted by molar-refractivity contribution is 5.15. The van der Waals surface area contributed by atoms with Crippen molar-refractivity contribution in [3.63, 3.8) is 0 Å². The lowest BCUT2D eigenvalue weighted by molar-refractivity contribution is 0.211. The third-order valence-corrected chi connectivity index (χ3v) is 6.86. The molecule has 1 N–H and O–H groups in total. The van der Waals surface area contributed by atoms with E-state index in [0.29, 0.717) is 0 Å². The Morgan fingerprint density at radius 2 is 1.62 bits per heavy atom. The van der Waals surface area contributed by atoms with E-state index in [4.69, 9.17) is 0 Å². The van der Waals surface area contributed by atoms with E-state index in [1.54, 1.807) is 0 Å². The van der Waals surface area contributed by atoms with Crippen molar-refractivity contribution in [2.24, 2.45) is 17.8 Å². The average molecular weight is 327 g/mol. The third-order valence-electron chi connectivity index (χ3n) is 6.86. The van der Waals surface area contributed by atoms with E-state index < -0.39 is 0 Å². The molecule has 1 saturated carbocycles. The Kier molecular flexibility index (Phi) is 5.54. The molecule has 4 rings (SSSR count). The highest BCUT2D eigenvalue weighted by Gasteiger charge is 2.41. The molecule has 0 bridgehead atoms. The van der Waals surface area contributed by atoms with E-state index in [2.05, 4.69) is 40.5 Å². The van der Waals surface area contributed by atoms with Gasteiger partial charge in [0.1, 0.15) is 0 Å². The summed E-state index contributed by atoms with van der Waals surface area (Å²) in [5.74, 6) is 2.79. The van der Waals surface area contributed by atoms with Gasteiger partial charge in [-0.3, -0.25) is 4.90 Å². The summed E-state index contributed by atoms with van der Waals surface area (Å²) in [6, 6.07) is 11.9. The zero-order valence-corrected chi connectivity index (χ0v) is 15.1. The van der Waals surface area contributed by atoms with Gasteiger partial charge < -0.3 is 5.32 Å². The SMILES string of the molecule is c1ccc(CN2CC3CCNC4CCCCCCCC4C3C2)cc1. The van der Waals surface area contributed by atoms with Crippen molar-refractivity contribution in [1.29, 1.82) is 0 Å². The van der Waals surface area contributed by atoms with Gasteiger partial charge in [0.05, 0.1) is 0 Å². The van der Waals surface area contributed by atoms with Crippen LogP contribution in [0.5, 0.6) is 0 Å². The maximum absolute atomic E-state index is 3.95. The molecule has 1 aromatic carbocycles. The number of benzene rings is 1. The first-order valence-corrected chi connectivity index (χ1v) is 10.4. The van der Waals surface area contributed by atoms with Crippen molar-refractivity contribution >= 4 is 0 Å². The number of fused-ring (bicyclic) bond motifs is 3. The summed E-state index contributed by atoms with van der Waals surface area (Å²) in [4.78, 5) is 2.75.